The van der Waals surface area contributed by atoms with Gasteiger partial charge >= 0.3 is 0 Å². The van der Waals surface area contributed by atoms with Gasteiger partial charge in [0.25, 0.3) is 5.91 Å². The van der Waals surface area contributed by atoms with Crippen LogP contribution in [0.5, 0.6) is 0 Å². The summed E-state index contributed by atoms with van der Waals surface area (Å²) in [7, 11) is 0. The first-order valence-corrected chi connectivity index (χ1v) is 5.14. The van der Waals surface area contributed by atoms with Crippen LogP contribution in [-0.4, -0.2) is 12.1 Å². The number of nitrogens with zero attached hydrogens (tertiary/aromatic N) is 1. The van der Waals surface area contributed by atoms with Crippen LogP contribution in [0.15, 0.2) is 45.4 Å². The SMILES string of the molecule is O=C(N/N=C\c1ccco1)c1cccs1. The third kappa shape index (κ3) is 2.54. The lowest BCUT2D eigenvalue weighted by atomic mass is 10.4. The number of nitrogens with one attached hydrogen (secondary N) is 1. The molecule has 2 aromatic rings. The van der Waals surface area contributed by atoms with Gasteiger partial charge in [-0.3, -0.25) is 4.79 Å². The van der Waals surface area contributed by atoms with Gasteiger partial charge in [-0.1, -0.05) is 6.07 Å². The summed E-state index contributed by atoms with van der Waals surface area (Å²) in [5, 5.41) is 5.60. The first kappa shape index (κ1) is 9.67. The average Bonchev–Trinajstić information content (AvgIpc) is 2.90. The van der Waals surface area contributed by atoms with Crippen LogP contribution in [0, 0.1) is 0 Å². The Morgan fingerprint density at radius 3 is 3.07 bits per heavy atom. The van der Waals surface area contributed by atoms with E-state index in [9.17, 15) is 4.79 Å². The van der Waals surface area contributed by atoms with Crippen molar-refractivity contribution in [2.24, 2.45) is 5.10 Å². The Kier molecular flexibility index (Phi) is 2.94. The molecule has 0 aliphatic carbocycles. The molecule has 0 aliphatic rings. The molecule has 0 aromatic carbocycles. The van der Waals surface area contributed by atoms with Gasteiger partial charge in [-0.2, -0.15) is 5.10 Å². The molecule has 15 heavy (non-hydrogen) atoms. The highest BCUT2D eigenvalue weighted by Crippen LogP contribution is 2.07. The fourth-order valence-electron chi connectivity index (χ4n) is 0.982. The summed E-state index contributed by atoms with van der Waals surface area (Å²) in [6.45, 7) is 0. The normalized spacial score (nSPS) is 10.7. The zero-order valence-electron chi connectivity index (χ0n) is 7.71. The van der Waals surface area contributed by atoms with E-state index in [1.807, 2.05) is 11.4 Å². The van der Waals surface area contributed by atoms with Gasteiger partial charge in [0, 0.05) is 0 Å². The summed E-state index contributed by atoms with van der Waals surface area (Å²) in [5.74, 6) is 0.384. The van der Waals surface area contributed by atoms with E-state index in [1.165, 1.54) is 17.6 Å². The Balaban J connectivity index is 1.91. The predicted octanol–water partition coefficient (Wildman–Crippen LogP) is 2.10. The molecule has 76 valence electrons. The molecule has 5 heteroatoms. The van der Waals surface area contributed by atoms with Crippen LogP contribution in [0.25, 0.3) is 0 Å². The molecule has 2 rings (SSSR count). The van der Waals surface area contributed by atoms with Gasteiger partial charge in [0.1, 0.15) is 5.76 Å². The smallest absolute Gasteiger partial charge is 0.281 e. The number of furan rings is 1. The van der Waals surface area contributed by atoms with Crippen LogP contribution in [-0.2, 0) is 0 Å². The van der Waals surface area contributed by atoms with E-state index in [1.54, 1.807) is 24.5 Å². The van der Waals surface area contributed by atoms with Crippen molar-refractivity contribution in [3.63, 3.8) is 0 Å². The summed E-state index contributed by atoms with van der Waals surface area (Å²) in [5.41, 5.74) is 2.40. The van der Waals surface area contributed by atoms with Crippen LogP contribution in [0.1, 0.15) is 15.4 Å². The lowest BCUT2D eigenvalue weighted by molar-refractivity contribution is 0.0959. The molecular weight excluding hydrogens is 212 g/mol. The molecule has 0 atom stereocenters. The van der Waals surface area contributed by atoms with Crippen molar-refractivity contribution in [3.05, 3.63) is 46.5 Å². The second-order valence-electron chi connectivity index (χ2n) is 2.69. The first-order chi connectivity index (χ1) is 7.36. The van der Waals surface area contributed by atoms with Crippen molar-refractivity contribution in [3.8, 4) is 0 Å². The largest absolute Gasteiger partial charge is 0.463 e. The number of rotatable bonds is 3. The quantitative estimate of drug-likeness (QED) is 0.636. The number of carbonyl (C=O) groups is 1. The number of thiophene rings is 1. The molecule has 0 saturated heterocycles. The van der Waals surface area contributed by atoms with Gasteiger partial charge in [0.05, 0.1) is 17.4 Å². The molecule has 0 radical (unpaired) electrons. The van der Waals surface area contributed by atoms with Gasteiger partial charge in [-0.05, 0) is 23.6 Å². The first-order valence-electron chi connectivity index (χ1n) is 4.26. The van der Waals surface area contributed by atoms with E-state index in [0.717, 1.165) is 0 Å². The van der Waals surface area contributed by atoms with E-state index < -0.39 is 0 Å². The Labute approximate surface area is 90.2 Å². The molecule has 1 N–H and O–H groups in total. The van der Waals surface area contributed by atoms with Crippen molar-refractivity contribution in [2.45, 2.75) is 0 Å². The van der Waals surface area contributed by atoms with Gasteiger partial charge in [-0.15, -0.1) is 11.3 Å². The lowest BCUT2D eigenvalue weighted by Gasteiger charge is -1.93. The van der Waals surface area contributed by atoms with E-state index in [-0.39, 0.29) is 5.91 Å². The Hall–Kier alpha value is -1.88. The minimum Gasteiger partial charge on any atom is -0.463 e. The third-order valence-electron chi connectivity index (χ3n) is 1.65. The molecule has 2 heterocycles. The molecule has 2 aromatic heterocycles. The number of hydrazone groups is 1. The minimum atomic E-state index is -0.215. The van der Waals surface area contributed by atoms with E-state index in [4.69, 9.17) is 4.42 Å². The van der Waals surface area contributed by atoms with Crippen molar-refractivity contribution >= 4 is 23.5 Å². The lowest BCUT2D eigenvalue weighted by Crippen LogP contribution is -2.15. The van der Waals surface area contributed by atoms with Crippen LogP contribution < -0.4 is 5.43 Å². The molecule has 0 saturated carbocycles. The Morgan fingerprint density at radius 2 is 2.40 bits per heavy atom. The highest BCUT2D eigenvalue weighted by Gasteiger charge is 2.03. The standard InChI is InChI=1S/C10H8N2O2S/c13-10(9-4-2-6-15-9)12-11-7-8-3-1-5-14-8/h1-7H,(H,12,13)/b11-7-. The van der Waals surface area contributed by atoms with Gasteiger partial charge in [-0.25, -0.2) is 5.43 Å². The molecule has 1 amide bonds. The second kappa shape index (κ2) is 4.56. The number of hydrogen-bond donors (Lipinski definition) is 1. The minimum absolute atomic E-state index is 0.215. The van der Waals surface area contributed by atoms with Gasteiger partial charge in [0.2, 0.25) is 0 Å². The molecule has 4 nitrogen and oxygen atoms in total. The van der Waals surface area contributed by atoms with E-state index in [2.05, 4.69) is 10.5 Å². The zero-order chi connectivity index (χ0) is 10.5. The van der Waals surface area contributed by atoms with Gasteiger partial charge in [0.15, 0.2) is 0 Å². The maximum Gasteiger partial charge on any atom is 0.281 e. The topological polar surface area (TPSA) is 54.6 Å². The summed E-state index contributed by atoms with van der Waals surface area (Å²) in [6.07, 6.45) is 2.99. The van der Waals surface area contributed by atoms with Crippen LogP contribution in [0.3, 0.4) is 0 Å². The fourth-order valence-corrected chi connectivity index (χ4v) is 1.60. The molecular formula is C10H8N2O2S. The monoisotopic (exact) mass is 220 g/mol. The molecule has 0 fully saturated rings. The summed E-state index contributed by atoms with van der Waals surface area (Å²) in [4.78, 5) is 12.0. The molecule has 0 bridgehead atoms. The van der Waals surface area contributed by atoms with Crippen molar-refractivity contribution in [2.75, 3.05) is 0 Å². The maximum atomic E-state index is 11.4. The van der Waals surface area contributed by atoms with Crippen molar-refractivity contribution in [1.82, 2.24) is 5.43 Å². The molecule has 0 spiro atoms. The Bertz CT molecular complexity index is 446. The predicted molar refractivity (Wildman–Crippen MR) is 58.1 cm³/mol. The Morgan fingerprint density at radius 1 is 1.47 bits per heavy atom. The maximum absolute atomic E-state index is 11.4. The molecule has 0 unspecified atom stereocenters. The average molecular weight is 220 g/mol. The summed E-state index contributed by atoms with van der Waals surface area (Å²) >= 11 is 1.37. The number of amides is 1. The second-order valence-corrected chi connectivity index (χ2v) is 3.64. The van der Waals surface area contributed by atoms with Crippen LogP contribution in [0.2, 0.25) is 0 Å². The number of carbonyl (C=O) groups excluding carboxylic acids is 1. The number of hydrogen-bond acceptors (Lipinski definition) is 4. The highest BCUT2D eigenvalue weighted by atomic mass is 32.1. The molecule has 0 aliphatic heterocycles. The van der Waals surface area contributed by atoms with Crippen LogP contribution in [0.4, 0.5) is 0 Å². The van der Waals surface area contributed by atoms with Crippen molar-refractivity contribution < 1.29 is 9.21 Å². The van der Waals surface area contributed by atoms with Crippen LogP contribution >= 0.6 is 11.3 Å². The van der Waals surface area contributed by atoms with Gasteiger partial charge < -0.3 is 4.42 Å². The third-order valence-corrected chi connectivity index (χ3v) is 2.51. The zero-order valence-corrected chi connectivity index (χ0v) is 8.53. The highest BCUT2D eigenvalue weighted by molar-refractivity contribution is 7.12. The van der Waals surface area contributed by atoms with E-state index >= 15 is 0 Å². The summed E-state index contributed by atoms with van der Waals surface area (Å²) in [6, 6.07) is 7.06. The van der Waals surface area contributed by atoms with E-state index in [0.29, 0.717) is 10.6 Å². The fraction of sp³-hybridized carbons (Fsp3) is 0. The summed E-state index contributed by atoms with van der Waals surface area (Å²) < 4.78 is 5.01. The van der Waals surface area contributed by atoms with Crippen molar-refractivity contribution in [1.29, 1.82) is 0 Å².